The van der Waals surface area contributed by atoms with E-state index >= 15 is 0 Å². The number of ether oxygens (including phenoxy) is 2. The number of anilines is 4. The Morgan fingerprint density at radius 3 is 2.68 bits per heavy atom. The number of benzene rings is 2. The predicted octanol–water partition coefficient (Wildman–Crippen LogP) is 3.75. The van der Waals surface area contributed by atoms with E-state index in [1.165, 1.54) is 0 Å². The standard InChI is InChI=1S/C19H15FN6O2/c20-14-10-21-19(24-13-2-4-16-17(8-13)28-6-5-27-16)25-18(14)23-12-1-3-15-11(7-12)9-22-26-15/h1-4,7-10H,5-6H2,(H,22,26)(H2,21,23,24,25). The van der Waals surface area contributed by atoms with Crippen LogP contribution in [0.15, 0.2) is 48.8 Å². The van der Waals surface area contributed by atoms with Gasteiger partial charge in [0.25, 0.3) is 0 Å². The first-order valence-electron chi connectivity index (χ1n) is 8.64. The molecule has 0 atom stereocenters. The fourth-order valence-electron chi connectivity index (χ4n) is 2.92. The molecule has 2 aromatic carbocycles. The first-order valence-corrected chi connectivity index (χ1v) is 8.64. The molecule has 0 bridgehead atoms. The molecule has 0 amide bonds. The molecule has 0 fully saturated rings. The van der Waals surface area contributed by atoms with Crippen LogP contribution >= 0.6 is 0 Å². The van der Waals surface area contributed by atoms with E-state index in [0.29, 0.717) is 36.1 Å². The predicted molar refractivity (Wildman–Crippen MR) is 102 cm³/mol. The molecular formula is C19H15FN6O2. The average molecular weight is 378 g/mol. The zero-order valence-electron chi connectivity index (χ0n) is 14.6. The molecule has 1 aliphatic heterocycles. The molecule has 0 saturated heterocycles. The van der Waals surface area contributed by atoms with E-state index in [1.807, 2.05) is 24.3 Å². The molecule has 3 heterocycles. The number of fused-ring (bicyclic) bond motifs is 2. The number of hydrogen-bond donors (Lipinski definition) is 3. The number of hydrogen-bond acceptors (Lipinski definition) is 7. The average Bonchev–Trinajstić information content (AvgIpc) is 3.18. The highest BCUT2D eigenvalue weighted by molar-refractivity contribution is 5.82. The molecule has 0 spiro atoms. The van der Waals surface area contributed by atoms with Crippen molar-refractivity contribution in [3.63, 3.8) is 0 Å². The third-order valence-corrected chi connectivity index (χ3v) is 4.25. The smallest absolute Gasteiger partial charge is 0.229 e. The lowest BCUT2D eigenvalue weighted by Gasteiger charge is -2.19. The third kappa shape index (κ3) is 3.13. The minimum atomic E-state index is -0.556. The van der Waals surface area contributed by atoms with Gasteiger partial charge in [-0.1, -0.05) is 0 Å². The van der Waals surface area contributed by atoms with Crippen LogP contribution in [0.5, 0.6) is 11.5 Å². The van der Waals surface area contributed by atoms with Crippen molar-refractivity contribution >= 4 is 34.0 Å². The zero-order chi connectivity index (χ0) is 18.9. The van der Waals surface area contributed by atoms with Crippen LogP contribution in [0.3, 0.4) is 0 Å². The van der Waals surface area contributed by atoms with E-state index in [4.69, 9.17) is 9.47 Å². The lowest BCUT2D eigenvalue weighted by Crippen LogP contribution is -2.15. The van der Waals surface area contributed by atoms with Gasteiger partial charge in [-0.3, -0.25) is 5.10 Å². The first-order chi connectivity index (χ1) is 13.7. The highest BCUT2D eigenvalue weighted by Crippen LogP contribution is 2.33. The highest BCUT2D eigenvalue weighted by Gasteiger charge is 2.13. The van der Waals surface area contributed by atoms with E-state index in [0.717, 1.165) is 17.1 Å². The number of halogens is 1. The van der Waals surface area contributed by atoms with E-state index in [9.17, 15) is 4.39 Å². The number of aromatic amines is 1. The van der Waals surface area contributed by atoms with Crippen molar-refractivity contribution < 1.29 is 13.9 Å². The van der Waals surface area contributed by atoms with Crippen molar-refractivity contribution in [3.05, 3.63) is 54.6 Å². The van der Waals surface area contributed by atoms with Crippen LogP contribution < -0.4 is 20.1 Å². The summed E-state index contributed by atoms with van der Waals surface area (Å²) in [6.07, 6.45) is 2.82. The Morgan fingerprint density at radius 1 is 0.929 bits per heavy atom. The van der Waals surface area contributed by atoms with Crippen molar-refractivity contribution in [2.24, 2.45) is 0 Å². The van der Waals surface area contributed by atoms with Crippen molar-refractivity contribution in [2.45, 2.75) is 0 Å². The van der Waals surface area contributed by atoms with Gasteiger partial charge in [-0.25, -0.2) is 9.37 Å². The normalized spacial score (nSPS) is 12.8. The van der Waals surface area contributed by atoms with Gasteiger partial charge < -0.3 is 20.1 Å². The van der Waals surface area contributed by atoms with E-state index in [2.05, 4.69) is 30.8 Å². The maximum absolute atomic E-state index is 14.2. The Morgan fingerprint density at radius 2 is 1.75 bits per heavy atom. The quantitative estimate of drug-likeness (QED) is 0.498. The lowest BCUT2D eigenvalue weighted by molar-refractivity contribution is 0.171. The SMILES string of the molecule is Fc1cnc(Nc2ccc3c(c2)OCCO3)nc1Nc1ccc2[nH]ncc2c1. The van der Waals surface area contributed by atoms with Crippen LogP contribution in [0.4, 0.5) is 27.5 Å². The van der Waals surface area contributed by atoms with Crippen LogP contribution in [0.25, 0.3) is 10.9 Å². The van der Waals surface area contributed by atoms with Crippen molar-refractivity contribution in [1.29, 1.82) is 0 Å². The van der Waals surface area contributed by atoms with Crippen molar-refractivity contribution in [1.82, 2.24) is 20.2 Å². The third-order valence-electron chi connectivity index (χ3n) is 4.25. The summed E-state index contributed by atoms with van der Waals surface area (Å²) >= 11 is 0. The maximum atomic E-state index is 14.2. The first kappa shape index (κ1) is 16.3. The van der Waals surface area contributed by atoms with Gasteiger partial charge in [-0.15, -0.1) is 0 Å². The summed E-state index contributed by atoms with van der Waals surface area (Å²) in [4.78, 5) is 8.24. The van der Waals surface area contributed by atoms with Gasteiger partial charge in [0.2, 0.25) is 5.95 Å². The topological polar surface area (TPSA) is 97.0 Å². The Balaban J connectivity index is 1.39. The van der Waals surface area contributed by atoms with Gasteiger partial charge in [0.05, 0.1) is 17.9 Å². The fourth-order valence-corrected chi connectivity index (χ4v) is 2.92. The van der Waals surface area contributed by atoms with Gasteiger partial charge in [-0.2, -0.15) is 10.1 Å². The van der Waals surface area contributed by atoms with Gasteiger partial charge >= 0.3 is 0 Å². The Kier molecular flexibility index (Phi) is 3.90. The molecule has 140 valence electrons. The lowest BCUT2D eigenvalue weighted by atomic mass is 10.2. The molecule has 2 aromatic heterocycles. The van der Waals surface area contributed by atoms with Crippen LogP contribution in [-0.4, -0.2) is 33.4 Å². The molecule has 8 nitrogen and oxygen atoms in total. The number of nitrogens with one attached hydrogen (secondary N) is 3. The Bertz CT molecular complexity index is 1160. The molecule has 28 heavy (non-hydrogen) atoms. The molecule has 9 heteroatoms. The molecule has 1 aliphatic rings. The molecule has 0 saturated carbocycles. The second-order valence-corrected chi connectivity index (χ2v) is 6.17. The van der Waals surface area contributed by atoms with E-state index < -0.39 is 5.82 Å². The fraction of sp³-hybridized carbons (Fsp3) is 0.105. The second kappa shape index (κ2) is 6.69. The highest BCUT2D eigenvalue weighted by atomic mass is 19.1. The largest absolute Gasteiger partial charge is 0.486 e. The van der Waals surface area contributed by atoms with E-state index in [1.54, 1.807) is 18.3 Å². The maximum Gasteiger partial charge on any atom is 0.229 e. The van der Waals surface area contributed by atoms with Crippen LogP contribution in [0.2, 0.25) is 0 Å². The summed E-state index contributed by atoms with van der Waals surface area (Å²) < 4.78 is 25.3. The summed E-state index contributed by atoms with van der Waals surface area (Å²) in [6, 6.07) is 10.9. The van der Waals surface area contributed by atoms with Crippen LogP contribution in [0.1, 0.15) is 0 Å². The number of rotatable bonds is 4. The summed E-state index contributed by atoms with van der Waals surface area (Å²) in [5.41, 5.74) is 2.30. The summed E-state index contributed by atoms with van der Waals surface area (Å²) in [6.45, 7) is 1.03. The number of nitrogens with zero attached hydrogens (tertiary/aromatic N) is 3. The summed E-state index contributed by atoms with van der Waals surface area (Å²) in [5.74, 6) is 1.10. The van der Waals surface area contributed by atoms with Gasteiger partial charge in [-0.05, 0) is 30.3 Å². The van der Waals surface area contributed by atoms with Crippen molar-refractivity contribution in [2.75, 3.05) is 23.8 Å². The van der Waals surface area contributed by atoms with Gasteiger partial charge in [0, 0.05) is 22.8 Å². The van der Waals surface area contributed by atoms with E-state index in [-0.39, 0.29) is 11.8 Å². The molecule has 3 N–H and O–H groups in total. The molecule has 5 rings (SSSR count). The summed E-state index contributed by atoms with van der Waals surface area (Å²) in [5, 5.41) is 13.8. The minimum absolute atomic E-state index is 0.0675. The Hall–Kier alpha value is -3.88. The zero-order valence-corrected chi connectivity index (χ0v) is 14.6. The Labute approximate surface area is 158 Å². The molecule has 4 aromatic rings. The van der Waals surface area contributed by atoms with Crippen LogP contribution in [-0.2, 0) is 0 Å². The molecule has 0 aliphatic carbocycles. The molecular weight excluding hydrogens is 363 g/mol. The number of aromatic nitrogens is 4. The van der Waals surface area contributed by atoms with Gasteiger partial charge in [0.15, 0.2) is 23.1 Å². The molecule has 0 unspecified atom stereocenters. The second-order valence-electron chi connectivity index (χ2n) is 6.17. The van der Waals surface area contributed by atoms with Crippen molar-refractivity contribution in [3.8, 4) is 11.5 Å². The molecule has 0 radical (unpaired) electrons. The van der Waals surface area contributed by atoms with Crippen LogP contribution in [0, 0.1) is 5.82 Å². The van der Waals surface area contributed by atoms with Gasteiger partial charge in [0.1, 0.15) is 13.2 Å². The monoisotopic (exact) mass is 378 g/mol. The summed E-state index contributed by atoms with van der Waals surface area (Å²) in [7, 11) is 0. The minimum Gasteiger partial charge on any atom is -0.486 e. The number of H-pyrrole nitrogens is 1.